The van der Waals surface area contributed by atoms with E-state index in [2.05, 4.69) is 0 Å². The van der Waals surface area contributed by atoms with E-state index in [1.165, 1.54) is 0 Å². The summed E-state index contributed by atoms with van der Waals surface area (Å²) in [7, 11) is 1.69. The minimum Gasteiger partial charge on any atom is -0.501 e. The molecule has 0 spiro atoms. The number of ether oxygens (including phenoxy) is 1. The second-order valence-corrected chi connectivity index (χ2v) is 3.68. The summed E-state index contributed by atoms with van der Waals surface area (Å²) in [6.07, 6.45) is 7.69. The molecule has 0 radical (unpaired) electrons. The predicted molar refractivity (Wildman–Crippen MR) is 50.1 cm³/mol. The van der Waals surface area contributed by atoms with E-state index >= 15 is 0 Å². The predicted octanol–water partition coefficient (Wildman–Crippen LogP) is 2.22. The Morgan fingerprint density at radius 2 is 2.31 bits per heavy atom. The maximum Gasteiger partial charge on any atom is 0.159 e. The molecular weight excluding hydrogens is 164 g/mol. The van der Waals surface area contributed by atoms with Crippen molar-refractivity contribution in [3.63, 3.8) is 0 Å². The lowest BCUT2D eigenvalue weighted by Gasteiger charge is -2.27. The first kappa shape index (κ1) is 8.54. The van der Waals surface area contributed by atoms with E-state index in [4.69, 9.17) is 4.74 Å². The van der Waals surface area contributed by atoms with Crippen LogP contribution in [0.3, 0.4) is 0 Å². The molecule has 0 bridgehead atoms. The molecule has 0 aliphatic heterocycles. The van der Waals surface area contributed by atoms with Crippen molar-refractivity contribution < 1.29 is 9.53 Å². The van der Waals surface area contributed by atoms with Crippen molar-refractivity contribution in [3.05, 3.63) is 23.5 Å². The molecule has 0 aromatic carbocycles. The molecule has 2 nitrogen and oxygen atoms in total. The Morgan fingerprint density at radius 1 is 1.46 bits per heavy atom. The molecule has 13 heavy (non-hydrogen) atoms. The van der Waals surface area contributed by atoms with Crippen LogP contribution in [0.1, 0.15) is 25.7 Å². The summed E-state index contributed by atoms with van der Waals surface area (Å²) in [4.78, 5) is 11.5. The highest BCUT2D eigenvalue weighted by Gasteiger charge is 2.28. The summed E-state index contributed by atoms with van der Waals surface area (Å²) in [5, 5.41) is 0. The van der Waals surface area contributed by atoms with Crippen molar-refractivity contribution in [3.8, 4) is 0 Å². The molecule has 0 N–H and O–H groups in total. The van der Waals surface area contributed by atoms with E-state index in [-0.39, 0.29) is 0 Å². The van der Waals surface area contributed by atoms with Gasteiger partial charge in [-0.25, -0.2) is 0 Å². The number of fused-ring (bicyclic) bond motifs is 1. The van der Waals surface area contributed by atoms with Gasteiger partial charge in [0.25, 0.3) is 0 Å². The van der Waals surface area contributed by atoms with Crippen LogP contribution in [0.25, 0.3) is 0 Å². The fourth-order valence-electron chi connectivity index (χ4n) is 2.12. The highest BCUT2D eigenvalue weighted by Crippen LogP contribution is 2.34. The van der Waals surface area contributed by atoms with Gasteiger partial charge in [-0.2, -0.15) is 0 Å². The molecule has 1 unspecified atom stereocenters. The third-order valence-electron chi connectivity index (χ3n) is 2.88. The molecule has 2 rings (SSSR count). The lowest BCUT2D eigenvalue weighted by Crippen LogP contribution is -2.21. The van der Waals surface area contributed by atoms with Crippen molar-refractivity contribution in [1.82, 2.24) is 0 Å². The fraction of sp³-hybridized carbons (Fsp3) is 0.545. The molecular formula is C11H14O2. The van der Waals surface area contributed by atoms with E-state index in [0.29, 0.717) is 11.7 Å². The Bertz CT molecular complexity index is 286. The summed E-state index contributed by atoms with van der Waals surface area (Å²) in [6, 6.07) is 0. The van der Waals surface area contributed by atoms with Crippen LogP contribution in [-0.2, 0) is 9.53 Å². The van der Waals surface area contributed by atoms with Gasteiger partial charge in [-0.3, -0.25) is 4.79 Å². The van der Waals surface area contributed by atoms with Gasteiger partial charge in [-0.1, -0.05) is 6.08 Å². The monoisotopic (exact) mass is 178 g/mol. The van der Waals surface area contributed by atoms with Crippen molar-refractivity contribution in [2.24, 2.45) is 5.92 Å². The smallest absolute Gasteiger partial charge is 0.159 e. The Balaban J connectivity index is 2.23. The van der Waals surface area contributed by atoms with Crippen LogP contribution in [0.15, 0.2) is 23.5 Å². The maximum absolute atomic E-state index is 11.5. The van der Waals surface area contributed by atoms with Crippen LogP contribution >= 0.6 is 0 Å². The normalized spacial score (nSPS) is 27.5. The molecule has 2 heteroatoms. The lowest BCUT2D eigenvalue weighted by molar-refractivity contribution is -0.117. The highest BCUT2D eigenvalue weighted by atomic mass is 16.5. The number of allylic oxidation sites excluding steroid dienone is 4. The van der Waals surface area contributed by atoms with Crippen LogP contribution in [0.2, 0.25) is 0 Å². The number of Topliss-reactive ketones (excluding diaryl/α,β-unsaturated/α-hetero) is 1. The number of hydrogen-bond donors (Lipinski definition) is 0. The van der Waals surface area contributed by atoms with Gasteiger partial charge in [0.1, 0.15) is 0 Å². The average molecular weight is 178 g/mol. The van der Waals surface area contributed by atoms with Crippen LogP contribution in [0.5, 0.6) is 0 Å². The second-order valence-electron chi connectivity index (χ2n) is 3.68. The molecule has 0 amide bonds. The first-order valence-electron chi connectivity index (χ1n) is 4.79. The van der Waals surface area contributed by atoms with Crippen LogP contribution in [-0.4, -0.2) is 12.9 Å². The van der Waals surface area contributed by atoms with E-state index in [9.17, 15) is 4.79 Å². The molecule has 70 valence electrons. The van der Waals surface area contributed by atoms with Crippen molar-refractivity contribution in [2.45, 2.75) is 25.7 Å². The van der Waals surface area contributed by atoms with Crippen LogP contribution < -0.4 is 0 Å². The summed E-state index contributed by atoms with van der Waals surface area (Å²) in [5.41, 5.74) is 1.02. The Labute approximate surface area is 78.3 Å². The molecule has 1 atom stereocenters. The Hall–Kier alpha value is -1.05. The van der Waals surface area contributed by atoms with Crippen LogP contribution in [0.4, 0.5) is 0 Å². The summed E-state index contributed by atoms with van der Waals surface area (Å²) in [6.45, 7) is 0. The van der Waals surface area contributed by atoms with E-state index in [1.807, 2.05) is 12.2 Å². The summed E-state index contributed by atoms with van der Waals surface area (Å²) in [5.74, 6) is 1.77. The molecule has 0 aromatic rings. The molecule has 1 saturated carbocycles. The zero-order valence-corrected chi connectivity index (χ0v) is 7.88. The Morgan fingerprint density at radius 3 is 3.08 bits per heavy atom. The standard InChI is InChI=1S/C11H14O2/c1-13-9-5-6-10-8(7-9)3-2-4-11(10)12/h5-6,8H,2-4,7H2,1H3. The van der Waals surface area contributed by atoms with Gasteiger partial charge in [0.15, 0.2) is 5.78 Å². The minimum absolute atomic E-state index is 0.336. The summed E-state index contributed by atoms with van der Waals surface area (Å²) >= 11 is 0. The van der Waals surface area contributed by atoms with E-state index in [1.54, 1.807) is 7.11 Å². The number of hydrogen-bond acceptors (Lipinski definition) is 2. The maximum atomic E-state index is 11.5. The second kappa shape index (κ2) is 3.36. The SMILES string of the molecule is COC1=CC=C2C(=O)CCCC2C1. The highest BCUT2D eigenvalue weighted by molar-refractivity contribution is 5.97. The molecule has 0 aromatic heterocycles. The molecule has 2 aliphatic carbocycles. The lowest BCUT2D eigenvalue weighted by atomic mass is 9.78. The first-order valence-corrected chi connectivity index (χ1v) is 4.79. The van der Waals surface area contributed by atoms with Crippen molar-refractivity contribution in [1.29, 1.82) is 0 Å². The fourth-order valence-corrected chi connectivity index (χ4v) is 2.12. The number of carbonyl (C=O) groups excluding carboxylic acids is 1. The van der Waals surface area contributed by atoms with Gasteiger partial charge in [-0.15, -0.1) is 0 Å². The number of carbonyl (C=O) groups is 1. The molecule has 0 saturated heterocycles. The van der Waals surface area contributed by atoms with Gasteiger partial charge in [0.05, 0.1) is 12.9 Å². The molecule has 1 fully saturated rings. The number of methoxy groups -OCH3 is 1. The van der Waals surface area contributed by atoms with Gasteiger partial charge in [-0.05, 0) is 30.4 Å². The third kappa shape index (κ3) is 1.53. The van der Waals surface area contributed by atoms with E-state index < -0.39 is 0 Å². The quantitative estimate of drug-likeness (QED) is 0.615. The van der Waals surface area contributed by atoms with E-state index in [0.717, 1.165) is 37.0 Å². The Kier molecular flexibility index (Phi) is 2.21. The average Bonchev–Trinajstić information content (AvgIpc) is 2.18. The largest absolute Gasteiger partial charge is 0.501 e. The van der Waals surface area contributed by atoms with Gasteiger partial charge < -0.3 is 4.74 Å². The third-order valence-corrected chi connectivity index (χ3v) is 2.88. The molecule has 0 heterocycles. The zero-order chi connectivity index (χ0) is 9.26. The first-order chi connectivity index (χ1) is 6.31. The number of rotatable bonds is 1. The zero-order valence-electron chi connectivity index (χ0n) is 7.88. The topological polar surface area (TPSA) is 26.3 Å². The number of ketones is 1. The van der Waals surface area contributed by atoms with Gasteiger partial charge in [0.2, 0.25) is 0 Å². The molecule has 2 aliphatic rings. The van der Waals surface area contributed by atoms with Gasteiger partial charge >= 0.3 is 0 Å². The van der Waals surface area contributed by atoms with Crippen LogP contribution in [0, 0.1) is 5.92 Å². The van der Waals surface area contributed by atoms with Crippen molar-refractivity contribution in [2.75, 3.05) is 7.11 Å². The summed E-state index contributed by atoms with van der Waals surface area (Å²) < 4.78 is 5.18. The van der Waals surface area contributed by atoms with Gasteiger partial charge in [0, 0.05) is 12.8 Å². The minimum atomic E-state index is 0.336. The van der Waals surface area contributed by atoms with Crippen molar-refractivity contribution >= 4 is 5.78 Å².